The van der Waals surface area contributed by atoms with E-state index in [0.717, 1.165) is 12.0 Å². The van der Waals surface area contributed by atoms with Crippen molar-refractivity contribution in [2.24, 2.45) is 5.10 Å². The Bertz CT molecular complexity index is 835. The van der Waals surface area contributed by atoms with Gasteiger partial charge in [0.25, 0.3) is 5.91 Å². The normalized spacial score (nSPS) is 20.2. The van der Waals surface area contributed by atoms with E-state index >= 15 is 0 Å². The van der Waals surface area contributed by atoms with Crippen molar-refractivity contribution in [2.45, 2.75) is 31.7 Å². The molecule has 0 saturated heterocycles. The van der Waals surface area contributed by atoms with E-state index in [1.54, 1.807) is 12.1 Å². The van der Waals surface area contributed by atoms with Crippen LogP contribution >= 0.6 is 0 Å². The molecule has 136 valence electrons. The number of pyridine rings is 1. The summed E-state index contributed by atoms with van der Waals surface area (Å²) in [5, 5.41) is 14.9. The molecule has 1 aliphatic rings. The zero-order valence-electron chi connectivity index (χ0n) is 13.9. The molecule has 1 atom stereocenters. The summed E-state index contributed by atoms with van der Waals surface area (Å²) in [6, 6.07) is 9.14. The summed E-state index contributed by atoms with van der Waals surface area (Å²) in [7, 11) is 0. The monoisotopic (exact) mass is 363 g/mol. The van der Waals surface area contributed by atoms with E-state index in [4.69, 9.17) is 0 Å². The molecule has 2 heterocycles. The van der Waals surface area contributed by atoms with Crippen LogP contribution in [-0.2, 0) is 12.1 Å². The minimum atomic E-state index is -4.75. The number of aliphatic hydroxyl groups is 1. The van der Waals surface area contributed by atoms with E-state index in [2.05, 4.69) is 10.1 Å². The third-order valence-electron chi connectivity index (χ3n) is 4.26. The van der Waals surface area contributed by atoms with Crippen LogP contribution in [0.25, 0.3) is 0 Å². The summed E-state index contributed by atoms with van der Waals surface area (Å²) in [5.74, 6) is -0.839. The molecular weight excluding hydrogens is 347 g/mol. The number of hydrogen-bond donors (Lipinski definition) is 1. The minimum Gasteiger partial charge on any atom is -0.365 e. The number of nitrogens with zero attached hydrogens (tertiary/aromatic N) is 3. The number of hydrazone groups is 1. The molecule has 26 heavy (non-hydrogen) atoms. The first-order chi connectivity index (χ1) is 12.3. The molecule has 0 fully saturated rings. The fraction of sp³-hybridized carbons (Fsp3) is 0.278. The minimum absolute atomic E-state index is 0.0794. The van der Waals surface area contributed by atoms with Crippen LogP contribution in [0.15, 0.2) is 53.9 Å². The van der Waals surface area contributed by atoms with Gasteiger partial charge in [0.1, 0.15) is 5.71 Å². The lowest BCUT2D eigenvalue weighted by Gasteiger charge is -2.31. The van der Waals surface area contributed by atoms with Crippen molar-refractivity contribution < 1.29 is 23.1 Å². The third-order valence-corrected chi connectivity index (χ3v) is 4.26. The topological polar surface area (TPSA) is 65.8 Å². The van der Waals surface area contributed by atoms with Crippen molar-refractivity contribution in [1.82, 2.24) is 9.99 Å². The Morgan fingerprint density at radius 3 is 2.35 bits per heavy atom. The summed E-state index contributed by atoms with van der Waals surface area (Å²) in [6.45, 7) is 1.93. The zero-order chi connectivity index (χ0) is 18.9. The van der Waals surface area contributed by atoms with Gasteiger partial charge in [-0.25, -0.2) is 0 Å². The van der Waals surface area contributed by atoms with Crippen LogP contribution in [0.1, 0.15) is 34.8 Å². The molecule has 1 amide bonds. The lowest BCUT2D eigenvalue weighted by atomic mass is 9.95. The van der Waals surface area contributed by atoms with Gasteiger partial charge >= 0.3 is 6.18 Å². The highest BCUT2D eigenvalue weighted by molar-refractivity contribution is 5.99. The molecule has 8 heteroatoms. The molecule has 0 saturated carbocycles. The average molecular weight is 363 g/mol. The van der Waals surface area contributed by atoms with Crippen molar-refractivity contribution in [1.29, 1.82) is 0 Å². The number of benzene rings is 1. The molecule has 0 bridgehead atoms. The number of amides is 1. The Labute approximate surface area is 147 Å². The Morgan fingerprint density at radius 2 is 1.81 bits per heavy atom. The summed E-state index contributed by atoms with van der Waals surface area (Å²) < 4.78 is 39.6. The maximum atomic E-state index is 13.2. The lowest BCUT2D eigenvalue weighted by molar-refractivity contribution is -0.0816. The van der Waals surface area contributed by atoms with Gasteiger partial charge in [0.05, 0.1) is 6.42 Å². The van der Waals surface area contributed by atoms with Crippen LogP contribution in [0.4, 0.5) is 13.2 Å². The van der Waals surface area contributed by atoms with E-state index in [9.17, 15) is 23.1 Å². The van der Waals surface area contributed by atoms with E-state index in [1.807, 2.05) is 6.92 Å². The molecule has 5 nitrogen and oxygen atoms in total. The van der Waals surface area contributed by atoms with Crippen molar-refractivity contribution in [3.05, 3.63) is 65.5 Å². The second-order valence-electron chi connectivity index (χ2n) is 5.94. The van der Waals surface area contributed by atoms with E-state index in [1.165, 1.54) is 36.7 Å². The number of carbonyl (C=O) groups is 1. The van der Waals surface area contributed by atoms with Gasteiger partial charge in [-0.15, -0.1) is 0 Å². The number of hydrogen-bond acceptors (Lipinski definition) is 4. The molecule has 0 spiro atoms. The highest BCUT2D eigenvalue weighted by Gasteiger charge is 2.53. The number of alkyl halides is 3. The van der Waals surface area contributed by atoms with E-state index < -0.39 is 29.9 Å². The zero-order valence-corrected chi connectivity index (χ0v) is 13.9. The molecule has 1 N–H and O–H groups in total. The standard InChI is InChI=1S/C18H16F3N3O2/c1-2-12-3-5-14(6-4-12)17(26)11-15(18(19,20)21)23-24(17)16(25)13-7-9-22-10-8-13/h3-10,26H,2,11H2,1H3/t17-/m1/s1. The van der Waals surface area contributed by atoms with Gasteiger partial charge in [-0.3, -0.25) is 9.78 Å². The number of aryl methyl sites for hydroxylation is 1. The Balaban J connectivity index is 2.05. The van der Waals surface area contributed by atoms with Crippen LogP contribution in [0.2, 0.25) is 0 Å². The highest BCUT2D eigenvalue weighted by atomic mass is 19.4. The Morgan fingerprint density at radius 1 is 1.19 bits per heavy atom. The number of carbonyl (C=O) groups excluding carboxylic acids is 1. The molecule has 3 rings (SSSR count). The number of halogens is 3. The van der Waals surface area contributed by atoms with Gasteiger partial charge in [0, 0.05) is 23.5 Å². The molecule has 1 aromatic carbocycles. The van der Waals surface area contributed by atoms with Crippen LogP contribution in [0, 0.1) is 0 Å². The van der Waals surface area contributed by atoms with Crippen molar-refractivity contribution >= 4 is 11.6 Å². The van der Waals surface area contributed by atoms with Crippen LogP contribution in [0.5, 0.6) is 0 Å². The quantitative estimate of drug-likeness (QED) is 0.910. The molecule has 0 aliphatic carbocycles. The second kappa shape index (κ2) is 6.53. The number of aromatic nitrogens is 1. The van der Waals surface area contributed by atoms with Crippen LogP contribution in [0.3, 0.4) is 0 Å². The van der Waals surface area contributed by atoms with Crippen LogP contribution in [-0.4, -0.2) is 32.9 Å². The smallest absolute Gasteiger partial charge is 0.365 e. The second-order valence-corrected chi connectivity index (χ2v) is 5.94. The number of rotatable bonds is 3. The summed E-state index contributed by atoms with van der Waals surface area (Å²) >= 11 is 0. The lowest BCUT2D eigenvalue weighted by Crippen LogP contribution is -2.43. The van der Waals surface area contributed by atoms with Crippen molar-refractivity contribution in [2.75, 3.05) is 0 Å². The maximum absolute atomic E-state index is 13.2. The van der Waals surface area contributed by atoms with Gasteiger partial charge in [-0.05, 0) is 24.1 Å². The first-order valence-corrected chi connectivity index (χ1v) is 7.97. The third kappa shape index (κ3) is 3.20. The maximum Gasteiger partial charge on any atom is 0.431 e. The molecule has 1 aromatic heterocycles. The highest BCUT2D eigenvalue weighted by Crippen LogP contribution is 2.40. The van der Waals surface area contributed by atoms with Crippen LogP contribution < -0.4 is 0 Å². The predicted octanol–water partition coefficient (Wildman–Crippen LogP) is 3.25. The van der Waals surface area contributed by atoms with Gasteiger partial charge in [-0.2, -0.15) is 23.3 Å². The average Bonchev–Trinajstić information content (AvgIpc) is 3.01. The SMILES string of the molecule is CCc1ccc([C@]2(O)CC(C(F)(F)F)=NN2C(=O)c2ccncc2)cc1. The van der Waals surface area contributed by atoms with Gasteiger partial charge in [-0.1, -0.05) is 31.2 Å². The first kappa shape index (κ1) is 18.1. The summed E-state index contributed by atoms with van der Waals surface area (Å²) in [6.07, 6.45) is -2.16. The molecule has 2 aromatic rings. The van der Waals surface area contributed by atoms with Gasteiger partial charge in [0.15, 0.2) is 5.72 Å². The molecule has 1 aliphatic heterocycles. The molecular formula is C18H16F3N3O2. The molecule has 0 radical (unpaired) electrons. The fourth-order valence-electron chi connectivity index (χ4n) is 2.77. The van der Waals surface area contributed by atoms with E-state index in [0.29, 0.717) is 5.01 Å². The fourth-order valence-corrected chi connectivity index (χ4v) is 2.77. The van der Waals surface area contributed by atoms with Gasteiger partial charge in [0.2, 0.25) is 0 Å². The molecule has 0 unspecified atom stereocenters. The Hall–Kier alpha value is -2.74. The summed E-state index contributed by atoms with van der Waals surface area (Å²) in [5.41, 5.74) is -2.21. The van der Waals surface area contributed by atoms with Gasteiger partial charge < -0.3 is 5.11 Å². The largest absolute Gasteiger partial charge is 0.431 e. The van der Waals surface area contributed by atoms with E-state index in [-0.39, 0.29) is 11.1 Å². The predicted molar refractivity (Wildman–Crippen MR) is 88.2 cm³/mol. The Kier molecular flexibility index (Phi) is 4.53. The van der Waals surface area contributed by atoms with Crippen molar-refractivity contribution in [3.63, 3.8) is 0 Å². The van der Waals surface area contributed by atoms with Crippen molar-refractivity contribution in [3.8, 4) is 0 Å². The summed E-state index contributed by atoms with van der Waals surface area (Å²) in [4.78, 5) is 16.5. The first-order valence-electron chi connectivity index (χ1n) is 7.97.